The van der Waals surface area contributed by atoms with Gasteiger partial charge in [0.15, 0.2) is 9.84 Å². The fourth-order valence-corrected chi connectivity index (χ4v) is 2.72. The zero-order chi connectivity index (χ0) is 16.4. The molecule has 0 aliphatic carbocycles. The van der Waals surface area contributed by atoms with Crippen molar-refractivity contribution in [3.05, 3.63) is 54.1 Å². The maximum absolute atomic E-state index is 11.4. The van der Waals surface area contributed by atoms with Gasteiger partial charge in [-0.15, -0.1) is 0 Å². The van der Waals surface area contributed by atoms with Crippen molar-refractivity contribution in [3.63, 3.8) is 0 Å². The summed E-state index contributed by atoms with van der Waals surface area (Å²) < 4.78 is 28.5. The summed E-state index contributed by atoms with van der Waals surface area (Å²) in [6.45, 7) is 3.97. The highest BCUT2D eigenvalue weighted by Crippen LogP contribution is 2.24. The van der Waals surface area contributed by atoms with Crippen LogP contribution in [0.15, 0.2) is 53.4 Å². The minimum Gasteiger partial charge on any atom is -0.457 e. The molecule has 0 aromatic heterocycles. The van der Waals surface area contributed by atoms with Gasteiger partial charge in [-0.25, -0.2) is 8.42 Å². The Bertz CT molecular complexity index is 727. The van der Waals surface area contributed by atoms with Crippen LogP contribution >= 0.6 is 0 Å². The molecular weight excluding hydrogens is 298 g/mol. The molecular formula is C17H21NO3S. The summed E-state index contributed by atoms with van der Waals surface area (Å²) in [5, 5.41) is 0. The van der Waals surface area contributed by atoms with E-state index in [0.29, 0.717) is 11.5 Å². The van der Waals surface area contributed by atoms with Crippen molar-refractivity contribution in [1.29, 1.82) is 0 Å². The second-order valence-corrected chi connectivity index (χ2v) is 8.17. The van der Waals surface area contributed by atoms with Crippen LogP contribution in [0.1, 0.15) is 19.4 Å². The molecule has 2 rings (SSSR count). The van der Waals surface area contributed by atoms with Crippen LogP contribution in [0.5, 0.6) is 11.5 Å². The summed E-state index contributed by atoms with van der Waals surface area (Å²) in [4.78, 5) is 0.278. The second-order valence-electron chi connectivity index (χ2n) is 6.15. The number of ether oxygens (including phenoxy) is 1. The molecule has 0 atom stereocenters. The normalized spacial score (nSPS) is 12.2. The first-order chi connectivity index (χ1) is 10.1. The molecule has 0 heterocycles. The molecule has 0 radical (unpaired) electrons. The van der Waals surface area contributed by atoms with Crippen LogP contribution in [-0.4, -0.2) is 20.2 Å². The van der Waals surface area contributed by atoms with Crippen LogP contribution in [0.2, 0.25) is 0 Å². The largest absolute Gasteiger partial charge is 0.457 e. The Kier molecular flexibility index (Phi) is 4.58. The average molecular weight is 319 g/mol. The SMILES string of the molecule is CC(C)(N)Cc1ccc(Oc2ccc(S(C)(=O)=O)cc2)cc1. The molecule has 0 aliphatic heterocycles. The fraction of sp³-hybridized carbons (Fsp3) is 0.294. The van der Waals surface area contributed by atoms with Gasteiger partial charge < -0.3 is 10.5 Å². The molecule has 22 heavy (non-hydrogen) atoms. The quantitative estimate of drug-likeness (QED) is 0.919. The lowest BCUT2D eigenvalue weighted by Crippen LogP contribution is -2.34. The highest BCUT2D eigenvalue weighted by Gasteiger charge is 2.11. The molecule has 0 bridgehead atoms. The first-order valence-corrected chi connectivity index (χ1v) is 8.88. The fourth-order valence-electron chi connectivity index (χ4n) is 2.09. The van der Waals surface area contributed by atoms with Crippen LogP contribution in [0.25, 0.3) is 0 Å². The number of hydrogen-bond donors (Lipinski definition) is 1. The van der Waals surface area contributed by atoms with Gasteiger partial charge in [-0.2, -0.15) is 0 Å². The molecule has 0 saturated heterocycles. The highest BCUT2D eigenvalue weighted by atomic mass is 32.2. The summed E-state index contributed by atoms with van der Waals surface area (Å²) >= 11 is 0. The predicted octanol–water partition coefficient (Wildman–Crippen LogP) is 3.16. The van der Waals surface area contributed by atoms with Crippen molar-refractivity contribution in [2.24, 2.45) is 5.73 Å². The third-order valence-electron chi connectivity index (χ3n) is 3.07. The lowest BCUT2D eigenvalue weighted by atomic mass is 9.96. The number of rotatable bonds is 5. The minimum absolute atomic E-state index is 0.246. The van der Waals surface area contributed by atoms with Gasteiger partial charge in [-0.3, -0.25) is 0 Å². The molecule has 4 nitrogen and oxygen atoms in total. The zero-order valence-corrected chi connectivity index (χ0v) is 13.9. The molecule has 0 saturated carbocycles. The van der Waals surface area contributed by atoms with Crippen molar-refractivity contribution in [3.8, 4) is 11.5 Å². The van der Waals surface area contributed by atoms with Crippen molar-refractivity contribution < 1.29 is 13.2 Å². The Morgan fingerprint density at radius 1 is 0.955 bits per heavy atom. The van der Waals surface area contributed by atoms with Gasteiger partial charge in [0.2, 0.25) is 0 Å². The number of sulfone groups is 1. The monoisotopic (exact) mass is 319 g/mol. The molecule has 5 heteroatoms. The number of nitrogens with two attached hydrogens (primary N) is 1. The first-order valence-electron chi connectivity index (χ1n) is 6.99. The smallest absolute Gasteiger partial charge is 0.175 e. The molecule has 0 fully saturated rings. The van der Waals surface area contributed by atoms with Gasteiger partial charge in [0.25, 0.3) is 0 Å². The zero-order valence-electron chi connectivity index (χ0n) is 13.0. The summed E-state index contributed by atoms with van der Waals surface area (Å²) in [7, 11) is -3.18. The molecule has 2 aromatic rings. The summed E-state index contributed by atoms with van der Waals surface area (Å²) in [6, 6.07) is 14.1. The van der Waals surface area contributed by atoms with E-state index in [-0.39, 0.29) is 10.4 Å². The van der Waals surface area contributed by atoms with Gasteiger partial charge in [0, 0.05) is 11.8 Å². The van der Waals surface area contributed by atoms with Gasteiger partial charge in [0.05, 0.1) is 4.90 Å². The molecule has 0 aliphatic rings. The minimum atomic E-state index is -3.18. The lowest BCUT2D eigenvalue weighted by molar-refractivity contribution is 0.480. The van der Waals surface area contributed by atoms with Crippen LogP contribution in [-0.2, 0) is 16.3 Å². The van der Waals surface area contributed by atoms with Crippen LogP contribution in [0.3, 0.4) is 0 Å². The van der Waals surface area contributed by atoms with Crippen molar-refractivity contribution in [2.75, 3.05) is 6.26 Å². The van der Waals surface area contributed by atoms with Gasteiger partial charge in [-0.1, -0.05) is 12.1 Å². The number of hydrogen-bond acceptors (Lipinski definition) is 4. The van der Waals surface area contributed by atoms with E-state index >= 15 is 0 Å². The second kappa shape index (κ2) is 6.10. The Morgan fingerprint density at radius 2 is 1.41 bits per heavy atom. The third-order valence-corrected chi connectivity index (χ3v) is 4.20. The van der Waals surface area contributed by atoms with Crippen LogP contribution in [0.4, 0.5) is 0 Å². The first kappa shape index (κ1) is 16.5. The van der Waals surface area contributed by atoms with E-state index in [1.807, 2.05) is 38.1 Å². The maximum atomic E-state index is 11.4. The molecule has 0 amide bonds. The van der Waals surface area contributed by atoms with E-state index in [0.717, 1.165) is 12.0 Å². The average Bonchev–Trinajstić information content (AvgIpc) is 2.39. The van der Waals surface area contributed by atoms with E-state index < -0.39 is 9.84 Å². The topological polar surface area (TPSA) is 69.4 Å². The Morgan fingerprint density at radius 3 is 1.82 bits per heavy atom. The summed E-state index contributed by atoms with van der Waals surface area (Å²) in [6.07, 6.45) is 1.97. The standard InChI is InChI=1S/C17H21NO3S/c1-17(2,18)12-13-4-6-14(7-5-13)21-15-8-10-16(11-9-15)22(3,19)20/h4-11H,12,18H2,1-3H3. The Labute approximate surface area is 131 Å². The predicted molar refractivity (Wildman–Crippen MR) is 88.0 cm³/mol. The van der Waals surface area contributed by atoms with E-state index in [1.165, 1.54) is 18.4 Å². The summed E-state index contributed by atoms with van der Waals surface area (Å²) in [5.41, 5.74) is 6.90. The van der Waals surface area contributed by atoms with Gasteiger partial charge >= 0.3 is 0 Å². The Hall–Kier alpha value is -1.85. The van der Waals surface area contributed by atoms with Crippen molar-refractivity contribution in [1.82, 2.24) is 0 Å². The van der Waals surface area contributed by atoms with Gasteiger partial charge in [0.1, 0.15) is 11.5 Å². The molecule has 118 valence electrons. The van der Waals surface area contributed by atoms with Crippen LogP contribution < -0.4 is 10.5 Å². The molecule has 2 N–H and O–H groups in total. The molecule has 2 aromatic carbocycles. The highest BCUT2D eigenvalue weighted by molar-refractivity contribution is 7.90. The number of benzene rings is 2. The maximum Gasteiger partial charge on any atom is 0.175 e. The van der Waals surface area contributed by atoms with Crippen LogP contribution in [0, 0.1) is 0 Å². The van der Waals surface area contributed by atoms with E-state index in [9.17, 15) is 8.42 Å². The van der Waals surface area contributed by atoms with Gasteiger partial charge in [-0.05, 0) is 62.2 Å². The lowest BCUT2D eigenvalue weighted by Gasteiger charge is -2.18. The summed E-state index contributed by atoms with van der Waals surface area (Å²) in [5.74, 6) is 1.30. The van der Waals surface area contributed by atoms with E-state index in [1.54, 1.807) is 12.1 Å². The van der Waals surface area contributed by atoms with E-state index in [4.69, 9.17) is 10.5 Å². The Balaban J connectivity index is 2.08. The third kappa shape index (κ3) is 4.86. The van der Waals surface area contributed by atoms with E-state index in [2.05, 4.69) is 0 Å². The van der Waals surface area contributed by atoms with Crippen molar-refractivity contribution in [2.45, 2.75) is 30.7 Å². The van der Waals surface area contributed by atoms with Crippen molar-refractivity contribution >= 4 is 9.84 Å². The molecule has 0 unspecified atom stereocenters. The molecule has 0 spiro atoms.